The summed E-state index contributed by atoms with van der Waals surface area (Å²) in [6.07, 6.45) is 4.99. The monoisotopic (exact) mass is 300 g/mol. The summed E-state index contributed by atoms with van der Waals surface area (Å²) in [6.45, 7) is 8.75. The van der Waals surface area contributed by atoms with E-state index in [9.17, 15) is 9.90 Å². The lowest BCUT2D eigenvalue weighted by molar-refractivity contribution is -0.157. The first kappa shape index (κ1) is 15.6. The van der Waals surface area contributed by atoms with Crippen molar-refractivity contribution in [3.63, 3.8) is 0 Å². The third-order valence-electron chi connectivity index (χ3n) is 6.53. The zero-order chi connectivity index (χ0) is 16.1. The summed E-state index contributed by atoms with van der Waals surface area (Å²) < 4.78 is 0. The molecule has 0 aromatic heterocycles. The van der Waals surface area contributed by atoms with Gasteiger partial charge >= 0.3 is 5.97 Å². The van der Waals surface area contributed by atoms with Gasteiger partial charge in [-0.25, -0.2) is 0 Å². The highest BCUT2D eigenvalue weighted by Crippen LogP contribution is 2.57. The molecule has 1 fully saturated rings. The second-order valence-electron chi connectivity index (χ2n) is 8.16. The molecule has 1 N–H and O–H groups in total. The maximum atomic E-state index is 11.9. The van der Waals surface area contributed by atoms with Crippen molar-refractivity contribution >= 4 is 5.97 Å². The predicted molar refractivity (Wildman–Crippen MR) is 89.3 cm³/mol. The number of rotatable bonds is 2. The van der Waals surface area contributed by atoms with Crippen molar-refractivity contribution in [3.05, 3.63) is 34.9 Å². The number of aryl methyl sites for hydroxylation is 1. The molecule has 3 rings (SSSR count). The van der Waals surface area contributed by atoms with Crippen LogP contribution in [-0.2, 0) is 16.6 Å². The van der Waals surface area contributed by atoms with Gasteiger partial charge in [-0.2, -0.15) is 0 Å². The average molecular weight is 300 g/mol. The van der Waals surface area contributed by atoms with Crippen LogP contribution in [0.4, 0.5) is 0 Å². The topological polar surface area (TPSA) is 37.3 Å². The molecule has 2 aliphatic rings. The van der Waals surface area contributed by atoms with Crippen LogP contribution in [0.2, 0.25) is 0 Å². The van der Waals surface area contributed by atoms with E-state index in [1.807, 2.05) is 6.92 Å². The molecular weight excluding hydrogens is 272 g/mol. The fourth-order valence-electron chi connectivity index (χ4n) is 5.13. The van der Waals surface area contributed by atoms with E-state index in [-0.39, 0.29) is 11.3 Å². The molecule has 120 valence electrons. The van der Waals surface area contributed by atoms with Gasteiger partial charge in [0.05, 0.1) is 5.41 Å². The number of carboxylic acids is 1. The first-order valence-electron chi connectivity index (χ1n) is 8.66. The normalized spacial score (nSPS) is 34.1. The number of hydrogen-bond acceptors (Lipinski definition) is 1. The van der Waals surface area contributed by atoms with Gasteiger partial charge in [-0.1, -0.05) is 45.4 Å². The van der Waals surface area contributed by atoms with Crippen LogP contribution in [0.1, 0.15) is 76.0 Å². The van der Waals surface area contributed by atoms with Gasteiger partial charge in [-0.3, -0.25) is 4.79 Å². The second kappa shape index (κ2) is 5.11. The Kier molecular flexibility index (Phi) is 3.62. The van der Waals surface area contributed by atoms with Crippen LogP contribution in [0.3, 0.4) is 0 Å². The molecule has 22 heavy (non-hydrogen) atoms. The lowest BCUT2D eigenvalue weighted by Crippen LogP contribution is -2.52. The Morgan fingerprint density at radius 1 is 1.27 bits per heavy atom. The Morgan fingerprint density at radius 3 is 2.64 bits per heavy atom. The predicted octanol–water partition coefficient (Wildman–Crippen LogP) is 4.90. The third kappa shape index (κ3) is 2.11. The Labute approximate surface area is 133 Å². The van der Waals surface area contributed by atoms with Crippen molar-refractivity contribution in [1.29, 1.82) is 0 Å². The highest BCUT2D eigenvalue weighted by molar-refractivity contribution is 5.75. The van der Waals surface area contributed by atoms with Gasteiger partial charge in [0.1, 0.15) is 0 Å². The first-order valence-corrected chi connectivity index (χ1v) is 8.66. The SMILES string of the molecule is CC(C)c1ccc2c(c1)CC[C@H]1[C@@](C)(C(=O)O)CCC[C@]21C. The van der Waals surface area contributed by atoms with Crippen molar-refractivity contribution in [3.8, 4) is 0 Å². The van der Waals surface area contributed by atoms with Crippen LogP contribution >= 0.6 is 0 Å². The molecule has 2 heteroatoms. The molecule has 0 bridgehead atoms. The van der Waals surface area contributed by atoms with Crippen molar-refractivity contribution in [1.82, 2.24) is 0 Å². The Balaban J connectivity index is 2.08. The zero-order valence-corrected chi connectivity index (χ0v) is 14.3. The fraction of sp³-hybridized carbons (Fsp3) is 0.650. The van der Waals surface area contributed by atoms with Crippen molar-refractivity contribution in [2.24, 2.45) is 11.3 Å². The largest absolute Gasteiger partial charge is 0.481 e. The minimum absolute atomic E-state index is 0.0223. The van der Waals surface area contributed by atoms with E-state index in [1.165, 1.54) is 16.7 Å². The van der Waals surface area contributed by atoms with Crippen LogP contribution < -0.4 is 0 Å². The van der Waals surface area contributed by atoms with Gasteiger partial charge in [0, 0.05) is 0 Å². The summed E-state index contributed by atoms with van der Waals surface area (Å²) in [5.74, 6) is 0.195. The van der Waals surface area contributed by atoms with Gasteiger partial charge in [0.15, 0.2) is 0 Å². The quantitative estimate of drug-likeness (QED) is 0.843. The molecule has 1 saturated carbocycles. The Morgan fingerprint density at radius 2 is 2.00 bits per heavy atom. The molecular formula is C20H28O2. The Hall–Kier alpha value is -1.31. The number of aliphatic carboxylic acids is 1. The smallest absolute Gasteiger partial charge is 0.309 e. The fourth-order valence-corrected chi connectivity index (χ4v) is 5.13. The summed E-state index contributed by atoms with van der Waals surface area (Å²) in [6, 6.07) is 6.92. The Bertz CT molecular complexity index is 604. The van der Waals surface area contributed by atoms with Gasteiger partial charge < -0.3 is 5.11 Å². The van der Waals surface area contributed by atoms with Gasteiger partial charge in [0.25, 0.3) is 0 Å². The molecule has 0 aliphatic heterocycles. The van der Waals surface area contributed by atoms with Crippen LogP contribution in [0.25, 0.3) is 0 Å². The molecule has 0 heterocycles. The molecule has 1 aromatic rings. The molecule has 2 aliphatic carbocycles. The lowest BCUT2D eigenvalue weighted by atomic mass is 9.50. The maximum absolute atomic E-state index is 11.9. The highest BCUT2D eigenvalue weighted by Gasteiger charge is 2.55. The zero-order valence-electron chi connectivity index (χ0n) is 14.3. The van der Waals surface area contributed by atoms with Crippen LogP contribution in [0.5, 0.6) is 0 Å². The number of benzene rings is 1. The van der Waals surface area contributed by atoms with Gasteiger partial charge in [-0.15, -0.1) is 0 Å². The minimum Gasteiger partial charge on any atom is -0.481 e. The van der Waals surface area contributed by atoms with Crippen LogP contribution in [0.15, 0.2) is 18.2 Å². The van der Waals surface area contributed by atoms with E-state index >= 15 is 0 Å². The molecule has 0 unspecified atom stereocenters. The number of fused-ring (bicyclic) bond motifs is 3. The highest BCUT2D eigenvalue weighted by atomic mass is 16.4. The number of carbonyl (C=O) groups is 1. The van der Waals surface area contributed by atoms with E-state index < -0.39 is 11.4 Å². The summed E-state index contributed by atoms with van der Waals surface area (Å²) in [5, 5.41) is 9.82. The molecule has 0 saturated heterocycles. The van der Waals surface area contributed by atoms with E-state index in [1.54, 1.807) is 0 Å². The maximum Gasteiger partial charge on any atom is 0.309 e. The van der Waals surface area contributed by atoms with E-state index in [2.05, 4.69) is 39.0 Å². The standard InChI is InChI=1S/C20H28O2/c1-13(2)14-6-8-16-15(12-14)7-9-17-19(16,3)10-5-11-20(17,4)18(21)22/h6,8,12-13,17H,5,7,9-11H2,1-4H3,(H,21,22)/t17-,19-,20+/m1/s1. The van der Waals surface area contributed by atoms with Crippen molar-refractivity contribution in [2.45, 2.75) is 71.1 Å². The third-order valence-corrected chi connectivity index (χ3v) is 6.53. The van der Waals surface area contributed by atoms with Crippen molar-refractivity contribution in [2.75, 3.05) is 0 Å². The molecule has 2 nitrogen and oxygen atoms in total. The first-order chi connectivity index (χ1) is 10.3. The molecule has 1 aromatic carbocycles. The molecule has 0 spiro atoms. The van der Waals surface area contributed by atoms with E-state index in [0.29, 0.717) is 5.92 Å². The lowest BCUT2D eigenvalue weighted by Gasteiger charge is -2.53. The summed E-state index contributed by atoms with van der Waals surface area (Å²) in [4.78, 5) is 11.9. The van der Waals surface area contributed by atoms with Crippen LogP contribution in [-0.4, -0.2) is 11.1 Å². The van der Waals surface area contributed by atoms with E-state index in [0.717, 1.165) is 32.1 Å². The average Bonchev–Trinajstić information content (AvgIpc) is 2.46. The summed E-state index contributed by atoms with van der Waals surface area (Å²) in [7, 11) is 0. The molecule has 3 atom stereocenters. The number of carboxylic acid groups (broad SMARTS) is 1. The van der Waals surface area contributed by atoms with Gasteiger partial charge in [0.2, 0.25) is 0 Å². The van der Waals surface area contributed by atoms with Crippen molar-refractivity contribution < 1.29 is 9.90 Å². The van der Waals surface area contributed by atoms with Crippen LogP contribution in [0, 0.1) is 11.3 Å². The summed E-state index contributed by atoms with van der Waals surface area (Å²) in [5.41, 5.74) is 3.73. The molecule has 0 amide bonds. The minimum atomic E-state index is -0.606. The van der Waals surface area contributed by atoms with E-state index in [4.69, 9.17) is 0 Å². The summed E-state index contributed by atoms with van der Waals surface area (Å²) >= 11 is 0. The number of hydrogen-bond donors (Lipinski definition) is 1. The van der Waals surface area contributed by atoms with Gasteiger partial charge in [-0.05, 0) is 66.5 Å². The second-order valence-corrected chi connectivity index (χ2v) is 8.16. The molecule has 0 radical (unpaired) electrons.